The molecular weight excluding hydrogens is 92.1 g/mol. The summed E-state index contributed by atoms with van der Waals surface area (Å²) in [7, 11) is 0. The van der Waals surface area contributed by atoms with Crippen LogP contribution in [0.4, 0.5) is 0 Å². The van der Waals surface area contributed by atoms with Crippen molar-refractivity contribution in [1.29, 1.82) is 0 Å². The number of esters is 1. The topological polar surface area (TPSA) is 26.3 Å². The maximum absolute atomic E-state index is 10.4. The lowest BCUT2D eigenvalue weighted by Crippen LogP contribution is -1.97. The molecule has 38 valence electrons. The number of carbonyl (C=O) groups is 1. The first-order chi connectivity index (χ1) is 3.38. The van der Waals surface area contributed by atoms with Crippen LogP contribution in [0.15, 0.2) is 0 Å². The molecule has 0 aromatic heterocycles. The van der Waals surface area contributed by atoms with Crippen molar-refractivity contribution in [3.8, 4) is 0 Å². The van der Waals surface area contributed by atoms with Crippen LogP contribution in [0.5, 0.6) is 0 Å². The third-order valence-electron chi connectivity index (χ3n) is 1.67. The molecule has 0 amide bonds. The van der Waals surface area contributed by atoms with Gasteiger partial charge < -0.3 is 4.74 Å². The van der Waals surface area contributed by atoms with Gasteiger partial charge in [-0.15, -0.1) is 0 Å². The van der Waals surface area contributed by atoms with Crippen LogP contribution < -0.4 is 0 Å². The Bertz CT molecular complexity index is 119. The number of fused-ring (bicyclic) bond motifs is 1. The number of hydrogen-bond donors (Lipinski definition) is 0. The van der Waals surface area contributed by atoms with Crippen molar-refractivity contribution in [3.05, 3.63) is 0 Å². The predicted molar refractivity (Wildman–Crippen MR) is 22.6 cm³/mol. The first-order valence-corrected chi connectivity index (χ1v) is 2.54. The Labute approximate surface area is 41.5 Å². The second-order valence-electron chi connectivity index (χ2n) is 2.23. The van der Waals surface area contributed by atoms with E-state index in [2.05, 4.69) is 4.74 Å². The van der Waals surface area contributed by atoms with Gasteiger partial charge in [0.1, 0.15) is 0 Å². The predicted octanol–water partition coefficient (Wildman–Crippen LogP) is 0.179. The zero-order valence-corrected chi connectivity index (χ0v) is 3.89. The van der Waals surface area contributed by atoms with Crippen LogP contribution in [0.3, 0.4) is 0 Å². The van der Waals surface area contributed by atoms with Gasteiger partial charge in [-0.2, -0.15) is 0 Å². The van der Waals surface area contributed by atoms with Crippen LogP contribution in [0, 0.1) is 11.8 Å². The van der Waals surface area contributed by atoms with Crippen LogP contribution in [-0.2, 0) is 9.53 Å². The molecule has 7 heavy (non-hydrogen) atoms. The zero-order valence-electron chi connectivity index (χ0n) is 3.89. The molecule has 0 bridgehead atoms. The van der Waals surface area contributed by atoms with E-state index in [9.17, 15) is 4.79 Å². The second-order valence-corrected chi connectivity index (χ2v) is 2.23. The van der Waals surface area contributed by atoms with Crippen LogP contribution in [0.2, 0.25) is 0 Å². The Hall–Kier alpha value is -0.530. The van der Waals surface area contributed by atoms with Crippen molar-refractivity contribution in [2.24, 2.45) is 11.8 Å². The number of hydrogen-bond acceptors (Lipinski definition) is 2. The molecule has 2 nitrogen and oxygen atoms in total. The van der Waals surface area contributed by atoms with Crippen molar-refractivity contribution in [2.45, 2.75) is 6.42 Å². The van der Waals surface area contributed by atoms with E-state index in [1.165, 1.54) is 0 Å². The highest BCUT2D eigenvalue weighted by molar-refractivity contribution is 5.78. The Kier molecular flexibility index (Phi) is 0.412. The molecule has 0 aromatic carbocycles. The van der Waals surface area contributed by atoms with Crippen molar-refractivity contribution >= 4 is 5.97 Å². The summed E-state index contributed by atoms with van der Waals surface area (Å²) in [6.45, 7) is 0.698. The zero-order chi connectivity index (χ0) is 4.85. The number of ether oxygens (including phenoxy) is 1. The summed E-state index contributed by atoms with van der Waals surface area (Å²) >= 11 is 0. The summed E-state index contributed by atoms with van der Waals surface area (Å²) in [6, 6.07) is 0. The highest BCUT2D eigenvalue weighted by atomic mass is 16.5. The highest BCUT2D eigenvalue weighted by Gasteiger charge is 2.50. The fraction of sp³-hybridized carbons (Fsp3) is 0.800. The summed E-state index contributed by atoms with van der Waals surface area (Å²) in [5.41, 5.74) is 0. The summed E-state index contributed by atoms with van der Waals surface area (Å²) in [6.07, 6.45) is 1.10. The first kappa shape index (κ1) is 3.47. The lowest BCUT2D eigenvalue weighted by Gasteiger charge is -1.89. The smallest absolute Gasteiger partial charge is 0.309 e. The van der Waals surface area contributed by atoms with E-state index in [4.69, 9.17) is 0 Å². The van der Waals surface area contributed by atoms with Crippen LogP contribution >= 0.6 is 0 Å². The van der Waals surface area contributed by atoms with E-state index in [-0.39, 0.29) is 5.97 Å². The molecule has 1 aliphatic heterocycles. The van der Waals surface area contributed by atoms with E-state index in [1.807, 2.05) is 0 Å². The molecule has 0 radical (unpaired) electrons. The number of carbonyl (C=O) groups excluding carboxylic acids is 1. The molecule has 0 N–H and O–H groups in total. The molecular formula is C5H6O2. The Morgan fingerprint density at radius 2 is 2.57 bits per heavy atom. The molecule has 0 spiro atoms. The largest absolute Gasteiger partial charge is 0.465 e. The minimum Gasteiger partial charge on any atom is -0.465 e. The molecule has 1 saturated carbocycles. The average Bonchev–Trinajstić information content (AvgIpc) is 2.33. The summed E-state index contributed by atoms with van der Waals surface area (Å²) in [5, 5.41) is 0. The third kappa shape index (κ3) is 0.315. The Morgan fingerprint density at radius 1 is 1.71 bits per heavy atom. The summed E-state index contributed by atoms with van der Waals surface area (Å²) in [4.78, 5) is 10.4. The van der Waals surface area contributed by atoms with E-state index in [0.29, 0.717) is 18.4 Å². The van der Waals surface area contributed by atoms with Gasteiger partial charge in [0.25, 0.3) is 0 Å². The van der Waals surface area contributed by atoms with Gasteiger partial charge in [-0.3, -0.25) is 4.79 Å². The molecule has 2 atom stereocenters. The molecule has 2 aliphatic rings. The van der Waals surface area contributed by atoms with Crippen molar-refractivity contribution in [3.63, 3.8) is 0 Å². The van der Waals surface area contributed by atoms with Gasteiger partial charge in [0.2, 0.25) is 0 Å². The minimum absolute atomic E-state index is 0.0324. The Balaban J connectivity index is 2.21. The highest BCUT2D eigenvalue weighted by Crippen LogP contribution is 2.44. The molecule has 1 heterocycles. The molecule has 1 saturated heterocycles. The van der Waals surface area contributed by atoms with Gasteiger partial charge in [-0.05, 0) is 6.42 Å². The lowest BCUT2D eigenvalue weighted by molar-refractivity contribution is -0.140. The van der Waals surface area contributed by atoms with Gasteiger partial charge in [-0.25, -0.2) is 0 Å². The van der Waals surface area contributed by atoms with E-state index in [0.717, 1.165) is 6.42 Å². The molecule has 2 heteroatoms. The maximum Gasteiger partial charge on any atom is 0.309 e. The molecule has 0 unspecified atom stereocenters. The quantitative estimate of drug-likeness (QED) is 0.404. The van der Waals surface area contributed by atoms with Gasteiger partial charge in [0.05, 0.1) is 12.5 Å². The average molecular weight is 98.1 g/mol. The third-order valence-corrected chi connectivity index (χ3v) is 1.67. The number of rotatable bonds is 0. The first-order valence-electron chi connectivity index (χ1n) is 2.54. The van der Waals surface area contributed by atoms with Crippen molar-refractivity contribution < 1.29 is 9.53 Å². The maximum atomic E-state index is 10.4. The van der Waals surface area contributed by atoms with Crippen molar-refractivity contribution in [2.75, 3.05) is 6.61 Å². The second kappa shape index (κ2) is 0.831. The van der Waals surface area contributed by atoms with Gasteiger partial charge in [0, 0.05) is 5.92 Å². The van der Waals surface area contributed by atoms with E-state index >= 15 is 0 Å². The van der Waals surface area contributed by atoms with Gasteiger partial charge >= 0.3 is 5.97 Å². The monoisotopic (exact) mass is 98.0 g/mol. The molecule has 2 fully saturated rings. The standard InChI is InChI=1S/C5H6O2/c6-5-4-1-3(4)2-7-5/h3-4H,1-2H2/t3-,4-/m1/s1. The summed E-state index contributed by atoms with van der Waals surface area (Å²) < 4.78 is 4.68. The van der Waals surface area contributed by atoms with Crippen LogP contribution in [-0.4, -0.2) is 12.6 Å². The Morgan fingerprint density at radius 3 is 2.71 bits per heavy atom. The lowest BCUT2D eigenvalue weighted by atomic mass is 10.4. The molecule has 1 aliphatic carbocycles. The van der Waals surface area contributed by atoms with Gasteiger partial charge in [0.15, 0.2) is 0 Å². The van der Waals surface area contributed by atoms with E-state index < -0.39 is 0 Å². The molecule has 0 aromatic rings. The minimum atomic E-state index is 0.0324. The summed E-state index contributed by atoms with van der Waals surface area (Å²) in [5.74, 6) is 0.970. The normalized spacial score (nSPS) is 45.4. The van der Waals surface area contributed by atoms with Gasteiger partial charge in [-0.1, -0.05) is 0 Å². The number of cyclic esters (lactones) is 1. The van der Waals surface area contributed by atoms with E-state index in [1.54, 1.807) is 0 Å². The van der Waals surface area contributed by atoms with Crippen LogP contribution in [0.1, 0.15) is 6.42 Å². The SMILES string of the molecule is O=C1OC[C@H]2C[C@@H]12. The van der Waals surface area contributed by atoms with Crippen LogP contribution in [0.25, 0.3) is 0 Å². The van der Waals surface area contributed by atoms with Crippen molar-refractivity contribution in [1.82, 2.24) is 0 Å². The fourth-order valence-electron chi connectivity index (χ4n) is 1.02. The fourth-order valence-corrected chi connectivity index (χ4v) is 1.02. The molecule has 2 rings (SSSR count).